The van der Waals surface area contributed by atoms with Crippen molar-refractivity contribution in [2.75, 3.05) is 16.1 Å². The number of carbonyl (C=O) groups excluding carboxylic acids is 2. The summed E-state index contributed by atoms with van der Waals surface area (Å²) < 4.78 is 0. The summed E-state index contributed by atoms with van der Waals surface area (Å²) in [6, 6.07) is 21.8. The molecule has 1 aliphatic heterocycles. The van der Waals surface area contributed by atoms with Gasteiger partial charge in [-0.25, -0.2) is 0 Å². The molecule has 4 N–H and O–H groups in total. The normalized spacial score (nSPS) is 14.5. The Bertz CT molecular complexity index is 2100. The summed E-state index contributed by atoms with van der Waals surface area (Å²) in [6.45, 7) is 0. The molecule has 0 spiro atoms. The van der Waals surface area contributed by atoms with Crippen molar-refractivity contribution >= 4 is 73.1 Å². The molecule has 0 radical (unpaired) electrons. The van der Waals surface area contributed by atoms with Crippen molar-refractivity contribution in [2.45, 2.75) is 12.5 Å². The first-order valence-electron chi connectivity index (χ1n) is 13.1. The molecule has 0 unspecified atom stereocenters. The van der Waals surface area contributed by atoms with Crippen LogP contribution in [0.15, 0.2) is 78.9 Å². The molecule has 0 saturated carbocycles. The molecule has 0 saturated heterocycles. The lowest BCUT2D eigenvalue weighted by atomic mass is 10.0. The molecule has 11 heteroatoms. The van der Waals surface area contributed by atoms with E-state index in [1.807, 2.05) is 24.3 Å². The number of H-pyrrole nitrogens is 2. The number of rotatable bonds is 5. The molecule has 7 rings (SSSR count). The number of nitro groups is 1. The number of amides is 2. The number of fused-ring (bicyclic) bond motifs is 5. The molecule has 6 aromatic rings. The second-order valence-corrected chi connectivity index (χ2v) is 10.6. The fraction of sp³-hybridized carbons (Fsp3) is 0.0968. The maximum absolute atomic E-state index is 13.8. The van der Waals surface area contributed by atoms with E-state index >= 15 is 0 Å². The molecule has 1 aliphatic rings. The molecule has 0 fully saturated rings. The number of aromatic nitrogens is 2. The minimum absolute atomic E-state index is 0.0586. The van der Waals surface area contributed by atoms with Gasteiger partial charge in [0.25, 0.3) is 17.5 Å². The van der Waals surface area contributed by atoms with Gasteiger partial charge in [0.1, 0.15) is 17.1 Å². The molecule has 4 aromatic carbocycles. The average molecular weight is 580 g/mol. The zero-order valence-electron chi connectivity index (χ0n) is 21.8. The van der Waals surface area contributed by atoms with E-state index in [4.69, 9.17) is 11.6 Å². The summed E-state index contributed by atoms with van der Waals surface area (Å²) in [5.74, 6) is -0.358. The van der Waals surface area contributed by atoms with Crippen LogP contribution < -0.4 is 10.2 Å². The molecule has 0 bridgehead atoms. The van der Waals surface area contributed by atoms with Crippen molar-refractivity contribution in [1.29, 1.82) is 0 Å². The number of non-ortho nitro benzene ring substituents is 1. The molecule has 2 aromatic heterocycles. The number of nitrogens with one attached hydrogen (secondary N) is 3. The number of nitro benzene ring substituents is 1. The van der Waals surface area contributed by atoms with Gasteiger partial charge in [-0.1, -0.05) is 24.3 Å². The van der Waals surface area contributed by atoms with E-state index in [0.29, 0.717) is 45.3 Å². The summed E-state index contributed by atoms with van der Waals surface area (Å²) in [7, 11) is 0. The van der Waals surface area contributed by atoms with Gasteiger partial charge in [-0.3, -0.25) is 19.7 Å². The minimum Gasteiger partial charge on any atom is -0.507 e. The maximum atomic E-state index is 13.8. The molecule has 1 atom stereocenters. The molecule has 208 valence electrons. The molecule has 42 heavy (non-hydrogen) atoms. The van der Waals surface area contributed by atoms with Crippen molar-refractivity contribution in [3.05, 3.63) is 106 Å². The van der Waals surface area contributed by atoms with Gasteiger partial charge in [-0.05, 0) is 53.8 Å². The molecule has 3 heterocycles. The second kappa shape index (κ2) is 9.64. The smallest absolute Gasteiger partial charge is 0.275 e. The number of hydrogen-bond donors (Lipinski definition) is 4. The summed E-state index contributed by atoms with van der Waals surface area (Å²) in [5.41, 5.74) is 3.97. The van der Waals surface area contributed by atoms with Gasteiger partial charge < -0.3 is 25.3 Å². The van der Waals surface area contributed by atoms with E-state index in [9.17, 15) is 24.8 Å². The number of aromatic amines is 2. The fourth-order valence-electron chi connectivity index (χ4n) is 5.76. The van der Waals surface area contributed by atoms with Crippen LogP contribution in [0, 0.1) is 10.1 Å². The highest BCUT2D eigenvalue weighted by Gasteiger charge is 2.36. The summed E-state index contributed by atoms with van der Waals surface area (Å²) in [6.07, 6.45) is 0.572. The van der Waals surface area contributed by atoms with Crippen LogP contribution in [0.25, 0.3) is 32.6 Å². The van der Waals surface area contributed by atoms with Crippen LogP contribution in [0.3, 0.4) is 0 Å². The van der Waals surface area contributed by atoms with E-state index in [0.717, 1.165) is 16.3 Å². The number of anilines is 2. The molecular weight excluding hydrogens is 558 g/mol. The first kappa shape index (κ1) is 25.6. The van der Waals surface area contributed by atoms with Gasteiger partial charge in [0, 0.05) is 57.0 Å². The summed E-state index contributed by atoms with van der Waals surface area (Å²) in [5, 5.41) is 27.5. The third-order valence-electron chi connectivity index (χ3n) is 7.74. The quantitative estimate of drug-likeness (QED) is 0.105. The number of hydrogen-bond acceptors (Lipinski definition) is 5. The number of nitrogens with zero attached hydrogens (tertiary/aromatic N) is 2. The summed E-state index contributed by atoms with van der Waals surface area (Å²) in [4.78, 5) is 45.2. The lowest BCUT2D eigenvalue weighted by Gasteiger charge is -2.23. The Kier molecular flexibility index (Phi) is 5.87. The van der Waals surface area contributed by atoms with E-state index in [1.54, 1.807) is 47.4 Å². The van der Waals surface area contributed by atoms with Crippen LogP contribution in [0.2, 0.25) is 0 Å². The van der Waals surface area contributed by atoms with Gasteiger partial charge in [-0.2, -0.15) is 0 Å². The lowest BCUT2D eigenvalue weighted by molar-refractivity contribution is -0.384. The lowest BCUT2D eigenvalue weighted by Crippen LogP contribution is -2.39. The van der Waals surface area contributed by atoms with Gasteiger partial charge in [-0.15, -0.1) is 11.6 Å². The largest absolute Gasteiger partial charge is 0.507 e. The van der Waals surface area contributed by atoms with Crippen LogP contribution >= 0.6 is 11.6 Å². The van der Waals surface area contributed by atoms with Crippen molar-refractivity contribution in [3.63, 3.8) is 0 Å². The van der Waals surface area contributed by atoms with E-state index < -0.39 is 10.8 Å². The zero-order valence-corrected chi connectivity index (χ0v) is 22.6. The predicted octanol–water partition coefficient (Wildman–Crippen LogP) is 6.48. The number of phenolic OH excluding ortho intramolecular Hbond substituents is 1. The van der Waals surface area contributed by atoms with E-state index in [2.05, 4.69) is 15.3 Å². The first-order chi connectivity index (χ1) is 20.3. The fourth-order valence-corrected chi connectivity index (χ4v) is 6.01. The highest BCUT2D eigenvalue weighted by atomic mass is 35.5. The zero-order chi connectivity index (χ0) is 29.1. The standard InChI is InChI=1S/C31H22ClN5O5/c32-15-20-13-23-21-3-1-2-4-22(21)29(38)14-28(23)36(20)31(40)27-12-16-9-18(5-7-24(16)35-27)33-30(39)26-11-17-10-19(37(41)42)6-8-25(17)34-26/h1-12,14,20,34-35,38H,13,15H2,(H,33,39)/t20-/m0/s1. The Hall–Kier alpha value is -5.35. The maximum Gasteiger partial charge on any atom is 0.275 e. The van der Waals surface area contributed by atoms with Crippen LogP contribution in [0.4, 0.5) is 17.1 Å². The Morgan fingerprint density at radius 1 is 0.952 bits per heavy atom. The van der Waals surface area contributed by atoms with Gasteiger partial charge in [0.2, 0.25) is 0 Å². The average Bonchev–Trinajstić information content (AvgIpc) is 3.71. The molecule has 2 amide bonds. The van der Waals surface area contributed by atoms with Crippen LogP contribution in [0.1, 0.15) is 26.5 Å². The third kappa shape index (κ3) is 4.11. The number of aromatic hydroxyl groups is 1. The van der Waals surface area contributed by atoms with Crippen molar-refractivity contribution in [3.8, 4) is 5.75 Å². The van der Waals surface area contributed by atoms with Crippen molar-refractivity contribution < 1.29 is 19.6 Å². The molecule has 0 aliphatic carbocycles. The highest BCUT2D eigenvalue weighted by Crippen LogP contribution is 2.42. The number of phenols is 1. The Morgan fingerprint density at radius 2 is 1.64 bits per heavy atom. The van der Waals surface area contributed by atoms with Crippen molar-refractivity contribution in [2.24, 2.45) is 0 Å². The number of benzene rings is 4. The first-order valence-corrected chi connectivity index (χ1v) is 13.7. The second-order valence-electron chi connectivity index (χ2n) is 10.3. The van der Waals surface area contributed by atoms with Crippen LogP contribution in [-0.2, 0) is 6.42 Å². The highest BCUT2D eigenvalue weighted by molar-refractivity contribution is 6.20. The van der Waals surface area contributed by atoms with Crippen LogP contribution in [0.5, 0.6) is 5.75 Å². The summed E-state index contributed by atoms with van der Waals surface area (Å²) >= 11 is 6.32. The SMILES string of the molecule is O=C(Nc1ccc2[nH]c(C(=O)N3c4cc(O)c5ccccc5c4C[C@H]3CCl)cc2c1)c1cc2cc([N+](=O)[O-])ccc2[nH]1. The predicted molar refractivity (Wildman–Crippen MR) is 162 cm³/mol. The topological polar surface area (TPSA) is 144 Å². The number of halogens is 1. The van der Waals surface area contributed by atoms with Gasteiger partial charge in [0.05, 0.1) is 16.7 Å². The van der Waals surface area contributed by atoms with Crippen molar-refractivity contribution in [1.82, 2.24) is 9.97 Å². The Balaban J connectivity index is 1.17. The minimum atomic E-state index is -0.485. The van der Waals surface area contributed by atoms with Crippen LogP contribution in [-0.4, -0.2) is 43.7 Å². The number of carbonyl (C=O) groups is 2. The van der Waals surface area contributed by atoms with Gasteiger partial charge >= 0.3 is 0 Å². The van der Waals surface area contributed by atoms with E-state index in [-0.39, 0.29) is 35.0 Å². The monoisotopic (exact) mass is 579 g/mol. The number of alkyl halides is 1. The molecular formula is C31H22ClN5O5. The van der Waals surface area contributed by atoms with E-state index in [1.165, 1.54) is 12.1 Å². The van der Waals surface area contributed by atoms with Gasteiger partial charge in [0.15, 0.2) is 0 Å². The Morgan fingerprint density at radius 3 is 2.40 bits per heavy atom. The Labute approximate surface area is 242 Å². The molecule has 10 nitrogen and oxygen atoms in total. The third-order valence-corrected chi connectivity index (χ3v) is 8.10.